The van der Waals surface area contributed by atoms with Gasteiger partial charge in [-0.05, 0) is 11.8 Å². The number of aliphatic carboxylic acids is 1. The summed E-state index contributed by atoms with van der Waals surface area (Å²) in [6, 6.07) is -0.833. The largest absolute Gasteiger partial charge is 0.548 e. The fourth-order valence-electron chi connectivity index (χ4n) is 0.743. The number of carbonyl (C=O) groups excluding carboxylic acids is 1. The van der Waals surface area contributed by atoms with Gasteiger partial charge in [0.1, 0.15) is 0 Å². The summed E-state index contributed by atoms with van der Waals surface area (Å²) < 4.78 is 0. The zero-order valence-electron chi connectivity index (χ0n) is 6.68. The summed E-state index contributed by atoms with van der Waals surface area (Å²) in [5.41, 5.74) is 5.20. The van der Waals surface area contributed by atoms with Crippen molar-refractivity contribution in [3.8, 4) is 0 Å². The number of rotatable bonds is 2. The van der Waals surface area contributed by atoms with Gasteiger partial charge in [0.2, 0.25) is 0 Å². The number of carboxylic acids is 1. The number of hydrogen-bond donors (Lipinski definition) is 1. The van der Waals surface area contributed by atoms with Crippen LogP contribution in [-0.4, -0.2) is 12.0 Å². The standard InChI is InChI=1S/C7H15NO2/c1-7(2,3)4-5(8)6(9)10/h5H,4,8H2,1-3H3,(H,9,10)/p-1/t5-/m0/s1. The van der Waals surface area contributed by atoms with Gasteiger partial charge in [0, 0.05) is 6.04 Å². The highest BCUT2D eigenvalue weighted by Crippen LogP contribution is 2.19. The molecule has 3 nitrogen and oxygen atoms in total. The van der Waals surface area contributed by atoms with Crippen LogP contribution in [0.2, 0.25) is 0 Å². The van der Waals surface area contributed by atoms with Crippen molar-refractivity contribution < 1.29 is 9.90 Å². The van der Waals surface area contributed by atoms with Crippen LogP contribution in [0.5, 0.6) is 0 Å². The monoisotopic (exact) mass is 144 g/mol. The molecule has 0 radical (unpaired) electrons. The summed E-state index contributed by atoms with van der Waals surface area (Å²) in [5.74, 6) is -1.17. The molecule has 0 heterocycles. The van der Waals surface area contributed by atoms with Crippen molar-refractivity contribution in [2.24, 2.45) is 11.1 Å². The number of carboxylic acid groups (broad SMARTS) is 1. The van der Waals surface area contributed by atoms with Crippen LogP contribution in [0.4, 0.5) is 0 Å². The van der Waals surface area contributed by atoms with E-state index >= 15 is 0 Å². The molecule has 10 heavy (non-hydrogen) atoms. The Morgan fingerprint density at radius 3 is 2.10 bits per heavy atom. The van der Waals surface area contributed by atoms with Gasteiger partial charge in [-0.1, -0.05) is 20.8 Å². The molecule has 0 bridgehead atoms. The molecule has 0 aliphatic heterocycles. The first kappa shape index (κ1) is 9.43. The molecule has 0 unspecified atom stereocenters. The normalized spacial score (nSPS) is 14.8. The van der Waals surface area contributed by atoms with Crippen LogP contribution in [0.3, 0.4) is 0 Å². The molecule has 0 saturated heterocycles. The van der Waals surface area contributed by atoms with E-state index in [1.807, 2.05) is 20.8 Å². The van der Waals surface area contributed by atoms with Crippen LogP contribution in [-0.2, 0) is 4.79 Å². The van der Waals surface area contributed by atoms with E-state index < -0.39 is 12.0 Å². The third-order valence-electron chi connectivity index (χ3n) is 1.14. The van der Waals surface area contributed by atoms with Crippen LogP contribution < -0.4 is 10.8 Å². The Morgan fingerprint density at radius 2 is 2.00 bits per heavy atom. The van der Waals surface area contributed by atoms with Crippen molar-refractivity contribution in [2.75, 3.05) is 0 Å². The summed E-state index contributed by atoms with van der Waals surface area (Å²) in [7, 11) is 0. The topological polar surface area (TPSA) is 66.2 Å². The molecule has 0 aromatic heterocycles. The number of carbonyl (C=O) groups is 1. The maximum Gasteiger partial charge on any atom is 0.0582 e. The van der Waals surface area contributed by atoms with Gasteiger partial charge < -0.3 is 15.6 Å². The minimum absolute atomic E-state index is 0.0422. The van der Waals surface area contributed by atoms with Gasteiger partial charge >= 0.3 is 0 Å². The fourth-order valence-corrected chi connectivity index (χ4v) is 0.743. The Bertz CT molecular complexity index is 126. The van der Waals surface area contributed by atoms with E-state index in [9.17, 15) is 9.90 Å². The highest BCUT2D eigenvalue weighted by atomic mass is 16.4. The smallest absolute Gasteiger partial charge is 0.0582 e. The van der Waals surface area contributed by atoms with Crippen LogP contribution in [0.1, 0.15) is 27.2 Å². The van der Waals surface area contributed by atoms with Gasteiger partial charge in [-0.3, -0.25) is 0 Å². The first-order valence-corrected chi connectivity index (χ1v) is 3.29. The second-order valence-corrected chi connectivity index (χ2v) is 3.69. The average Bonchev–Trinajstić information content (AvgIpc) is 1.60. The molecule has 1 atom stereocenters. The predicted molar refractivity (Wildman–Crippen MR) is 37.1 cm³/mol. The van der Waals surface area contributed by atoms with Gasteiger partial charge in [0.25, 0.3) is 0 Å². The van der Waals surface area contributed by atoms with Crippen molar-refractivity contribution in [3.05, 3.63) is 0 Å². The van der Waals surface area contributed by atoms with Crippen molar-refractivity contribution in [1.82, 2.24) is 0 Å². The van der Waals surface area contributed by atoms with Crippen molar-refractivity contribution in [2.45, 2.75) is 33.2 Å². The van der Waals surface area contributed by atoms with Crippen LogP contribution in [0.25, 0.3) is 0 Å². The maximum absolute atomic E-state index is 10.1. The quantitative estimate of drug-likeness (QED) is 0.568. The summed E-state index contributed by atoms with van der Waals surface area (Å²) in [4.78, 5) is 10.1. The van der Waals surface area contributed by atoms with E-state index in [0.717, 1.165) is 0 Å². The first-order valence-electron chi connectivity index (χ1n) is 3.29. The van der Waals surface area contributed by atoms with E-state index in [1.54, 1.807) is 0 Å². The third kappa shape index (κ3) is 4.32. The van der Waals surface area contributed by atoms with E-state index in [0.29, 0.717) is 6.42 Å². The van der Waals surface area contributed by atoms with E-state index in [4.69, 9.17) is 5.73 Å². The summed E-state index contributed by atoms with van der Waals surface area (Å²) in [6.07, 6.45) is 0.454. The molecule has 0 aliphatic carbocycles. The van der Waals surface area contributed by atoms with Gasteiger partial charge in [-0.2, -0.15) is 0 Å². The van der Waals surface area contributed by atoms with E-state index in [2.05, 4.69) is 0 Å². The van der Waals surface area contributed by atoms with Gasteiger partial charge in [0.05, 0.1) is 5.97 Å². The lowest BCUT2D eigenvalue weighted by Crippen LogP contribution is -2.43. The highest BCUT2D eigenvalue weighted by Gasteiger charge is 2.15. The van der Waals surface area contributed by atoms with Gasteiger partial charge in [0.15, 0.2) is 0 Å². The minimum Gasteiger partial charge on any atom is -0.548 e. The van der Waals surface area contributed by atoms with Crippen LogP contribution >= 0.6 is 0 Å². The van der Waals surface area contributed by atoms with Gasteiger partial charge in [-0.15, -0.1) is 0 Å². The second-order valence-electron chi connectivity index (χ2n) is 3.69. The predicted octanol–water partition coefficient (Wildman–Crippen LogP) is -0.500. The third-order valence-corrected chi connectivity index (χ3v) is 1.14. The molecule has 0 spiro atoms. The Hall–Kier alpha value is -0.570. The van der Waals surface area contributed by atoms with E-state index in [1.165, 1.54) is 0 Å². The molecule has 0 aromatic carbocycles. The minimum atomic E-state index is -1.17. The van der Waals surface area contributed by atoms with E-state index in [-0.39, 0.29) is 5.41 Å². The lowest BCUT2D eigenvalue weighted by atomic mass is 9.88. The fraction of sp³-hybridized carbons (Fsp3) is 0.857. The molecule has 0 saturated carbocycles. The molecule has 0 rings (SSSR count). The molecule has 0 fully saturated rings. The SMILES string of the molecule is CC(C)(C)C[C@H](N)C(=O)[O-]. The second kappa shape index (κ2) is 3.01. The van der Waals surface area contributed by atoms with Crippen molar-refractivity contribution in [3.63, 3.8) is 0 Å². The molecule has 0 amide bonds. The van der Waals surface area contributed by atoms with Crippen molar-refractivity contribution in [1.29, 1.82) is 0 Å². The van der Waals surface area contributed by atoms with Crippen molar-refractivity contribution >= 4 is 5.97 Å². The molecule has 2 N–H and O–H groups in total. The average molecular weight is 144 g/mol. The zero-order chi connectivity index (χ0) is 8.36. The molecular formula is C7H14NO2-. The molecule has 0 aliphatic rings. The lowest BCUT2D eigenvalue weighted by molar-refractivity contribution is -0.308. The summed E-state index contributed by atoms with van der Waals surface area (Å²) in [6.45, 7) is 5.82. The maximum atomic E-state index is 10.1. The molecule has 60 valence electrons. The summed E-state index contributed by atoms with van der Waals surface area (Å²) >= 11 is 0. The summed E-state index contributed by atoms with van der Waals surface area (Å²) in [5, 5.41) is 10.1. The Labute approximate surface area is 61.2 Å². The number of nitrogens with two attached hydrogens (primary N) is 1. The number of hydrogen-bond acceptors (Lipinski definition) is 3. The molecular weight excluding hydrogens is 130 g/mol. The Balaban J connectivity index is 3.80. The molecule has 0 aromatic rings. The first-order chi connectivity index (χ1) is 4.33. The van der Waals surface area contributed by atoms with Gasteiger partial charge in [-0.25, -0.2) is 0 Å². The lowest BCUT2D eigenvalue weighted by Gasteiger charge is -2.23. The highest BCUT2D eigenvalue weighted by molar-refractivity contribution is 5.70. The zero-order valence-corrected chi connectivity index (χ0v) is 6.68. The molecule has 3 heteroatoms. The Morgan fingerprint density at radius 1 is 1.60 bits per heavy atom. The Kier molecular flexibility index (Phi) is 2.84. The van der Waals surface area contributed by atoms with Crippen LogP contribution in [0, 0.1) is 5.41 Å². The van der Waals surface area contributed by atoms with Crippen LogP contribution in [0.15, 0.2) is 0 Å².